The van der Waals surface area contributed by atoms with Gasteiger partial charge in [0.2, 0.25) is 11.8 Å². The summed E-state index contributed by atoms with van der Waals surface area (Å²) in [5.74, 6) is -0.185. The van der Waals surface area contributed by atoms with Gasteiger partial charge in [0.05, 0.1) is 17.2 Å². The molecular weight excluding hydrogens is 550 g/mol. The Morgan fingerprint density at radius 3 is 2.17 bits per heavy atom. The minimum atomic E-state index is -4.19. The third-order valence-electron chi connectivity index (χ3n) is 6.99. The van der Waals surface area contributed by atoms with Crippen molar-refractivity contribution in [2.45, 2.75) is 65.4 Å². The molecule has 0 aliphatic heterocycles. The largest absolute Gasteiger partial charge is 0.492 e. The van der Waals surface area contributed by atoms with E-state index in [0.717, 1.165) is 21.0 Å². The van der Waals surface area contributed by atoms with Crippen LogP contribution >= 0.6 is 0 Å². The van der Waals surface area contributed by atoms with Crippen LogP contribution in [0.25, 0.3) is 0 Å². The van der Waals surface area contributed by atoms with Crippen molar-refractivity contribution in [3.8, 4) is 5.75 Å². The molecule has 1 atom stereocenters. The Labute approximate surface area is 250 Å². The molecule has 0 radical (unpaired) electrons. The zero-order valence-electron chi connectivity index (χ0n) is 25.5. The maximum atomic E-state index is 14.3. The predicted molar refractivity (Wildman–Crippen MR) is 167 cm³/mol. The van der Waals surface area contributed by atoms with Crippen molar-refractivity contribution in [3.63, 3.8) is 0 Å². The molecule has 0 aliphatic carbocycles. The van der Waals surface area contributed by atoms with E-state index in [0.29, 0.717) is 25.3 Å². The molecule has 0 fully saturated rings. The summed E-state index contributed by atoms with van der Waals surface area (Å²) < 4.78 is 35.2. The number of aryl methyl sites for hydroxylation is 2. The van der Waals surface area contributed by atoms with Crippen LogP contribution in [-0.4, -0.2) is 50.9 Å². The van der Waals surface area contributed by atoms with Crippen molar-refractivity contribution in [2.75, 3.05) is 24.0 Å². The first-order chi connectivity index (χ1) is 20.0. The number of hydrogen-bond donors (Lipinski definition) is 1. The molecule has 0 saturated heterocycles. The van der Waals surface area contributed by atoms with Crippen LogP contribution in [0.3, 0.4) is 0 Å². The van der Waals surface area contributed by atoms with Gasteiger partial charge < -0.3 is 15.0 Å². The van der Waals surface area contributed by atoms with Crippen LogP contribution in [0.4, 0.5) is 5.69 Å². The highest BCUT2D eigenvalue weighted by Crippen LogP contribution is 2.33. The third-order valence-corrected chi connectivity index (χ3v) is 8.77. The third kappa shape index (κ3) is 8.12. The molecule has 0 aliphatic rings. The normalized spacial score (nSPS) is 12.1. The molecule has 0 unspecified atom stereocenters. The highest BCUT2D eigenvalue weighted by molar-refractivity contribution is 7.92. The van der Waals surface area contributed by atoms with E-state index in [1.807, 2.05) is 65.8 Å². The second-order valence-electron chi connectivity index (χ2n) is 10.7. The van der Waals surface area contributed by atoms with Crippen LogP contribution < -0.4 is 14.4 Å². The van der Waals surface area contributed by atoms with Crippen molar-refractivity contribution >= 4 is 27.5 Å². The molecule has 3 rings (SSSR count). The van der Waals surface area contributed by atoms with E-state index < -0.39 is 28.5 Å². The smallest absolute Gasteiger partial charge is 0.264 e. The van der Waals surface area contributed by atoms with Gasteiger partial charge in [-0.15, -0.1) is 0 Å². The Morgan fingerprint density at radius 2 is 1.55 bits per heavy atom. The molecule has 0 spiro atoms. The average molecular weight is 594 g/mol. The first kappa shape index (κ1) is 32.7. The van der Waals surface area contributed by atoms with Gasteiger partial charge in [-0.3, -0.25) is 13.9 Å². The molecule has 0 aromatic heterocycles. The van der Waals surface area contributed by atoms with Gasteiger partial charge in [0.1, 0.15) is 18.3 Å². The second-order valence-corrected chi connectivity index (χ2v) is 12.6. The average Bonchev–Trinajstić information content (AvgIpc) is 2.96. The van der Waals surface area contributed by atoms with E-state index in [9.17, 15) is 18.0 Å². The molecule has 0 heterocycles. The molecule has 1 N–H and O–H groups in total. The quantitative estimate of drug-likeness (QED) is 0.267. The number of nitrogens with one attached hydrogen (secondary N) is 1. The molecule has 2 amide bonds. The number of sulfonamides is 1. The molecule has 3 aromatic carbocycles. The molecule has 8 nitrogen and oxygen atoms in total. The lowest BCUT2D eigenvalue weighted by atomic mass is 10.1. The highest BCUT2D eigenvalue weighted by Gasteiger charge is 2.35. The van der Waals surface area contributed by atoms with Crippen molar-refractivity contribution < 1.29 is 22.7 Å². The minimum absolute atomic E-state index is 0.0550. The van der Waals surface area contributed by atoms with E-state index in [-0.39, 0.29) is 29.0 Å². The van der Waals surface area contributed by atoms with E-state index in [2.05, 4.69) is 5.32 Å². The van der Waals surface area contributed by atoms with Crippen molar-refractivity contribution in [1.29, 1.82) is 0 Å². The summed E-state index contributed by atoms with van der Waals surface area (Å²) in [6.45, 7) is 11.9. The van der Waals surface area contributed by atoms with Gasteiger partial charge in [-0.25, -0.2) is 8.42 Å². The number of ether oxygens (including phenoxy) is 1. The van der Waals surface area contributed by atoms with E-state index in [1.165, 1.54) is 17.0 Å². The van der Waals surface area contributed by atoms with Crippen LogP contribution in [0.2, 0.25) is 0 Å². The fraction of sp³-hybridized carbons (Fsp3) is 0.394. The Balaban J connectivity index is 2.11. The van der Waals surface area contributed by atoms with Gasteiger partial charge in [0, 0.05) is 13.1 Å². The fourth-order valence-electron chi connectivity index (χ4n) is 4.60. The molecule has 0 bridgehead atoms. The Morgan fingerprint density at radius 1 is 0.905 bits per heavy atom. The van der Waals surface area contributed by atoms with Crippen molar-refractivity contribution in [1.82, 2.24) is 10.2 Å². The van der Waals surface area contributed by atoms with E-state index in [1.54, 1.807) is 36.4 Å². The molecule has 0 saturated carbocycles. The zero-order valence-corrected chi connectivity index (χ0v) is 26.3. The lowest BCUT2D eigenvalue weighted by Gasteiger charge is -2.34. The number of para-hydroxylation sites is 2. The van der Waals surface area contributed by atoms with Gasteiger partial charge in [0.15, 0.2) is 0 Å². The summed E-state index contributed by atoms with van der Waals surface area (Å²) in [4.78, 5) is 29.2. The van der Waals surface area contributed by atoms with Gasteiger partial charge in [0.25, 0.3) is 10.0 Å². The summed E-state index contributed by atoms with van der Waals surface area (Å²) >= 11 is 0. The number of nitrogens with zero attached hydrogens (tertiary/aromatic N) is 2. The molecule has 226 valence electrons. The van der Waals surface area contributed by atoms with Crippen molar-refractivity contribution in [3.05, 3.63) is 89.5 Å². The number of hydrogen-bond acceptors (Lipinski definition) is 5. The zero-order chi connectivity index (χ0) is 30.9. The molecule has 42 heavy (non-hydrogen) atoms. The predicted octanol–water partition coefficient (Wildman–Crippen LogP) is 5.48. The monoisotopic (exact) mass is 593 g/mol. The van der Waals surface area contributed by atoms with E-state index >= 15 is 0 Å². The molecule has 9 heteroatoms. The number of rotatable bonds is 14. The van der Waals surface area contributed by atoms with Crippen LogP contribution in [0.5, 0.6) is 5.75 Å². The Kier molecular flexibility index (Phi) is 11.6. The number of carbonyl (C=O) groups is 2. The van der Waals surface area contributed by atoms with Crippen molar-refractivity contribution in [2.24, 2.45) is 5.92 Å². The van der Waals surface area contributed by atoms with Gasteiger partial charge in [-0.05, 0) is 68.5 Å². The fourth-order valence-corrected chi connectivity index (χ4v) is 6.03. The summed E-state index contributed by atoms with van der Waals surface area (Å²) in [5.41, 5.74) is 3.01. The molecular formula is C33H43N3O5S. The summed E-state index contributed by atoms with van der Waals surface area (Å²) in [6, 6.07) is 20.2. The number of carbonyl (C=O) groups excluding carboxylic acids is 2. The Hall–Kier alpha value is -3.85. The topological polar surface area (TPSA) is 96.0 Å². The highest BCUT2D eigenvalue weighted by atomic mass is 32.2. The lowest BCUT2D eigenvalue weighted by Crippen LogP contribution is -2.52. The number of amides is 2. The number of anilines is 1. The second kappa shape index (κ2) is 14.9. The van der Waals surface area contributed by atoms with Gasteiger partial charge >= 0.3 is 0 Å². The minimum Gasteiger partial charge on any atom is -0.492 e. The van der Waals surface area contributed by atoms with Crippen LogP contribution in [-0.2, 0) is 26.2 Å². The first-order valence-electron chi connectivity index (χ1n) is 14.4. The maximum Gasteiger partial charge on any atom is 0.264 e. The Bertz CT molecular complexity index is 1450. The van der Waals surface area contributed by atoms with Gasteiger partial charge in [-0.1, -0.05) is 74.9 Å². The maximum absolute atomic E-state index is 14.3. The van der Waals surface area contributed by atoms with Crippen LogP contribution in [0, 0.1) is 19.8 Å². The molecule has 3 aromatic rings. The van der Waals surface area contributed by atoms with Gasteiger partial charge in [-0.2, -0.15) is 0 Å². The summed E-state index contributed by atoms with van der Waals surface area (Å²) in [5, 5.41) is 2.96. The van der Waals surface area contributed by atoms with E-state index in [4.69, 9.17) is 4.74 Å². The van der Waals surface area contributed by atoms with Crippen LogP contribution in [0.15, 0.2) is 77.7 Å². The number of benzene rings is 3. The first-order valence-corrected chi connectivity index (χ1v) is 15.9. The standard InChI is InChI=1S/C33H43N3O5S/c1-7-29(33(38)34-21-24(3)4)35(22-27-14-10-9-13-26(27)6)32(37)23-36(30-15-11-12-16-31(30)41-8-2)42(39,40)28-19-17-25(5)18-20-28/h9-20,24,29H,7-8,21-23H2,1-6H3,(H,34,38)/t29-/m1/s1. The SMILES string of the molecule is CCOc1ccccc1N(CC(=O)N(Cc1ccccc1C)[C@H](CC)C(=O)NCC(C)C)S(=O)(=O)c1ccc(C)cc1. The lowest BCUT2D eigenvalue weighted by molar-refractivity contribution is -0.140. The summed E-state index contributed by atoms with van der Waals surface area (Å²) in [6.07, 6.45) is 0.363. The van der Waals surface area contributed by atoms with Crippen LogP contribution in [0.1, 0.15) is 50.8 Å². The summed E-state index contributed by atoms with van der Waals surface area (Å²) in [7, 11) is -4.19.